The Hall–Kier alpha value is -2.47. The molecule has 2 aromatic heterocycles. The van der Waals surface area contributed by atoms with Crippen LogP contribution in [-0.4, -0.2) is 39.9 Å². The maximum Gasteiger partial charge on any atom is 0.261 e. The highest BCUT2D eigenvalue weighted by Gasteiger charge is 2.32. The molecule has 2 atom stereocenters. The first kappa shape index (κ1) is 16.4. The Balaban J connectivity index is 1.89. The minimum Gasteiger partial charge on any atom is -0.334 e. The number of carbonyl (C=O) groups is 1. The van der Waals surface area contributed by atoms with E-state index in [1.54, 1.807) is 29.4 Å². The normalized spacial score (nSPS) is 20.8. The van der Waals surface area contributed by atoms with Gasteiger partial charge in [-0.1, -0.05) is 6.92 Å². The fourth-order valence-corrected chi connectivity index (χ4v) is 3.36. The number of aromatic nitrogens is 2. The number of hydrogen-bond acceptors (Lipinski definition) is 4. The van der Waals surface area contributed by atoms with E-state index in [-0.39, 0.29) is 23.1 Å². The topological polar surface area (TPSA) is 92.1 Å². The average Bonchev–Trinajstić information content (AvgIpc) is 2.61. The molecule has 1 saturated heterocycles. The van der Waals surface area contributed by atoms with E-state index >= 15 is 0 Å². The van der Waals surface area contributed by atoms with Gasteiger partial charge in [0.15, 0.2) is 0 Å². The van der Waals surface area contributed by atoms with Crippen LogP contribution in [0.4, 0.5) is 0 Å². The molecule has 3 N–H and O–H groups in total. The zero-order chi connectivity index (χ0) is 17.1. The number of likely N-dealkylation sites (tertiary alicyclic amines) is 1. The lowest BCUT2D eigenvalue weighted by molar-refractivity contribution is 0.0531. The van der Waals surface area contributed by atoms with Crippen LogP contribution in [0.1, 0.15) is 30.1 Å². The molecule has 1 amide bonds. The number of H-pyrrole nitrogens is 1. The fraction of sp³-hybridized carbons (Fsp3) is 0.389. The number of carbonyl (C=O) groups excluding carboxylic acids is 1. The molecule has 0 aromatic carbocycles. The van der Waals surface area contributed by atoms with Crippen LogP contribution in [0.25, 0.3) is 11.3 Å². The molecular weight excluding hydrogens is 304 g/mol. The van der Waals surface area contributed by atoms with Crippen molar-refractivity contribution in [2.75, 3.05) is 13.1 Å². The van der Waals surface area contributed by atoms with Crippen molar-refractivity contribution in [3.8, 4) is 11.3 Å². The predicted molar refractivity (Wildman–Crippen MR) is 92.6 cm³/mol. The van der Waals surface area contributed by atoms with Crippen LogP contribution in [0.15, 0.2) is 41.5 Å². The van der Waals surface area contributed by atoms with Crippen LogP contribution in [0.3, 0.4) is 0 Å². The quantitative estimate of drug-likeness (QED) is 0.897. The van der Waals surface area contributed by atoms with Gasteiger partial charge in [-0.25, -0.2) is 0 Å². The maximum absolute atomic E-state index is 12.8. The lowest BCUT2D eigenvalue weighted by Gasteiger charge is -2.39. The van der Waals surface area contributed by atoms with E-state index in [9.17, 15) is 9.59 Å². The summed E-state index contributed by atoms with van der Waals surface area (Å²) in [6.45, 7) is 3.17. The smallest absolute Gasteiger partial charge is 0.261 e. The second kappa shape index (κ2) is 6.97. The summed E-state index contributed by atoms with van der Waals surface area (Å²) in [7, 11) is 0. The Morgan fingerprint density at radius 2 is 2.08 bits per heavy atom. The molecule has 24 heavy (non-hydrogen) atoms. The lowest BCUT2D eigenvalue weighted by atomic mass is 9.90. The number of pyridine rings is 2. The molecule has 1 aliphatic heterocycles. The first-order chi connectivity index (χ1) is 11.6. The van der Waals surface area contributed by atoms with Crippen molar-refractivity contribution in [2.45, 2.75) is 25.8 Å². The molecule has 6 heteroatoms. The minimum atomic E-state index is -0.372. The number of nitrogens with two attached hydrogens (primary N) is 1. The molecule has 126 valence electrons. The van der Waals surface area contributed by atoms with Gasteiger partial charge < -0.3 is 15.6 Å². The standard InChI is InChI=1S/C18H22N4O2/c1-12-3-2-10-22(16(12)11-19)18(24)14-4-5-15(21-17(14)23)13-6-8-20-9-7-13/h4-9,12,16H,2-3,10-11,19H2,1H3,(H,21,23)/t12-,16-/m0/s1. The second-order valence-corrected chi connectivity index (χ2v) is 6.27. The summed E-state index contributed by atoms with van der Waals surface area (Å²) in [5.41, 5.74) is 7.17. The molecule has 0 radical (unpaired) electrons. The highest BCUT2D eigenvalue weighted by Crippen LogP contribution is 2.24. The van der Waals surface area contributed by atoms with Gasteiger partial charge in [0.25, 0.3) is 11.5 Å². The summed E-state index contributed by atoms with van der Waals surface area (Å²) in [5.74, 6) is 0.113. The largest absolute Gasteiger partial charge is 0.334 e. The Morgan fingerprint density at radius 3 is 2.75 bits per heavy atom. The summed E-state index contributed by atoms with van der Waals surface area (Å²) >= 11 is 0. The molecule has 0 spiro atoms. The number of rotatable bonds is 3. The predicted octanol–water partition coefficient (Wildman–Crippen LogP) is 1.64. The fourth-order valence-electron chi connectivity index (χ4n) is 3.36. The van der Waals surface area contributed by atoms with E-state index in [0.29, 0.717) is 24.7 Å². The summed E-state index contributed by atoms with van der Waals surface area (Å²) in [4.78, 5) is 33.8. The van der Waals surface area contributed by atoms with Crippen molar-refractivity contribution in [1.29, 1.82) is 0 Å². The SMILES string of the molecule is C[C@H]1CCCN(C(=O)c2ccc(-c3ccncc3)[nH]c2=O)[C@H]1CN. The zero-order valence-electron chi connectivity index (χ0n) is 13.7. The van der Waals surface area contributed by atoms with E-state index in [1.807, 2.05) is 12.1 Å². The summed E-state index contributed by atoms with van der Waals surface area (Å²) in [6.07, 6.45) is 5.32. The van der Waals surface area contributed by atoms with Crippen molar-refractivity contribution in [1.82, 2.24) is 14.9 Å². The maximum atomic E-state index is 12.8. The van der Waals surface area contributed by atoms with Gasteiger partial charge in [-0.2, -0.15) is 0 Å². The Morgan fingerprint density at radius 1 is 1.33 bits per heavy atom. The average molecular weight is 326 g/mol. The minimum absolute atomic E-state index is 0.00877. The van der Waals surface area contributed by atoms with Crippen molar-refractivity contribution in [2.24, 2.45) is 11.7 Å². The van der Waals surface area contributed by atoms with Gasteiger partial charge in [0, 0.05) is 42.8 Å². The van der Waals surface area contributed by atoms with E-state index < -0.39 is 0 Å². The van der Waals surface area contributed by atoms with Crippen molar-refractivity contribution >= 4 is 5.91 Å². The zero-order valence-corrected chi connectivity index (χ0v) is 13.7. The Bertz CT molecular complexity index is 772. The Kier molecular flexibility index (Phi) is 4.76. The lowest BCUT2D eigenvalue weighted by Crippen LogP contribution is -2.52. The van der Waals surface area contributed by atoms with E-state index in [4.69, 9.17) is 5.73 Å². The van der Waals surface area contributed by atoms with Gasteiger partial charge in [-0.3, -0.25) is 14.6 Å². The van der Waals surface area contributed by atoms with Crippen LogP contribution in [0, 0.1) is 5.92 Å². The van der Waals surface area contributed by atoms with Gasteiger partial charge >= 0.3 is 0 Å². The van der Waals surface area contributed by atoms with E-state index in [2.05, 4.69) is 16.9 Å². The molecule has 1 fully saturated rings. The highest BCUT2D eigenvalue weighted by atomic mass is 16.2. The monoisotopic (exact) mass is 326 g/mol. The third-order valence-electron chi connectivity index (χ3n) is 4.75. The number of amides is 1. The summed E-state index contributed by atoms with van der Waals surface area (Å²) < 4.78 is 0. The van der Waals surface area contributed by atoms with Gasteiger partial charge in [-0.05, 0) is 43.0 Å². The van der Waals surface area contributed by atoms with E-state index in [1.165, 1.54) is 0 Å². The molecule has 0 saturated carbocycles. The molecule has 0 aliphatic carbocycles. The number of piperidine rings is 1. The van der Waals surface area contributed by atoms with E-state index in [0.717, 1.165) is 18.4 Å². The van der Waals surface area contributed by atoms with Crippen molar-refractivity contribution in [3.05, 3.63) is 52.6 Å². The molecule has 1 aliphatic rings. The third kappa shape index (κ3) is 3.10. The molecule has 0 unspecified atom stereocenters. The van der Waals surface area contributed by atoms with Gasteiger partial charge in [-0.15, -0.1) is 0 Å². The highest BCUT2D eigenvalue weighted by molar-refractivity contribution is 5.94. The number of hydrogen-bond donors (Lipinski definition) is 2. The molecule has 2 aromatic rings. The van der Waals surface area contributed by atoms with Gasteiger partial charge in [0.05, 0.1) is 0 Å². The molecule has 3 rings (SSSR count). The molecular formula is C18H22N4O2. The molecule has 3 heterocycles. The molecule has 6 nitrogen and oxygen atoms in total. The molecule has 0 bridgehead atoms. The third-order valence-corrected chi connectivity index (χ3v) is 4.75. The van der Waals surface area contributed by atoms with Crippen molar-refractivity contribution in [3.63, 3.8) is 0 Å². The first-order valence-corrected chi connectivity index (χ1v) is 8.26. The summed E-state index contributed by atoms with van der Waals surface area (Å²) in [6, 6.07) is 6.97. The second-order valence-electron chi connectivity index (χ2n) is 6.27. The van der Waals surface area contributed by atoms with Crippen LogP contribution in [0.5, 0.6) is 0 Å². The summed E-state index contributed by atoms with van der Waals surface area (Å²) in [5, 5.41) is 0. The Labute approximate surface area is 140 Å². The van der Waals surface area contributed by atoms with Crippen LogP contribution in [-0.2, 0) is 0 Å². The number of nitrogens with zero attached hydrogens (tertiary/aromatic N) is 2. The first-order valence-electron chi connectivity index (χ1n) is 8.26. The van der Waals surface area contributed by atoms with Crippen LogP contribution in [0.2, 0.25) is 0 Å². The van der Waals surface area contributed by atoms with Crippen LogP contribution < -0.4 is 11.3 Å². The number of nitrogens with one attached hydrogen (secondary N) is 1. The van der Waals surface area contributed by atoms with Crippen molar-refractivity contribution < 1.29 is 4.79 Å². The van der Waals surface area contributed by atoms with Gasteiger partial charge in [0.2, 0.25) is 0 Å². The van der Waals surface area contributed by atoms with Crippen LogP contribution >= 0.6 is 0 Å². The van der Waals surface area contributed by atoms with Gasteiger partial charge in [0.1, 0.15) is 5.56 Å². The number of aromatic amines is 1.